The summed E-state index contributed by atoms with van der Waals surface area (Å²) in [5.41, 5.74) is 8.32. The normalized spacial score (nSPS) is 11.7. The van der Waals surface area contributed by atoms with Gasteiger partial charge in [-0.05, 0) is 29.5 Å². The molecule has 0 spiro atoms. The number of nitrogens with one attached hydrogen (secondary N) is 1. The number of hydrogen-bond acceptors (Lipinski definition) is 5. The Labute approximate surface area is 134 Å². The van der Waals surface area contributed by atoms with E-state index in [1.165, 1.54) is 0 Å². The van der Waals surface area contributed by atoms with Gasteiger partial charge in [-0.15, -0.1) is 5.10 Å². The zero-order chi connectivity index (χ0) is 16.5. The van der Waals surface area contributed by atoms with Gasteiger partial charge in [-0.25, -0.2) is 0 Å². The van der Waals surface area contributed by atoms with Crippen LogP contribution >= 0.6 is 0 Å². The lowest BCUT2D eigenvalue weighted by Gasteiger charge is -2.12. The number of rotatable bonds is 7. The third-order valence-electron chi connectivity index (χ3n) is 2.97. The molecule has 23 heavy (non-hydrogen) atoms. The van der Waals surface area contributed by atoms with Crippen LogP contribution in [0.15, 0.2) is 64.0 Å². The molecule has 7 nitrogen and oxygen atoms in total. The average Bonchev–Trinajstić information content (AvgIpc) is 2.59. The van der Waals surface area contributed by atoms with Gasteiger partial charge in [0.25, 0.3) is 0 Å². The van der Waals surface area contributed by atoms with Crippen LogP contribution in [0.5, 0.6) is 5.75 Å². The molecule has 4 N–H and O–H groups in total. The molecule has 0 radical (unpaired) electrons. The summed E-state index contributed by atoms with van der Waals surface area (Å²) >= 11 is 0. The van der Waals surface area contributed by atoms with Crippen LogP contribution in [-0.2, 0) is 0 Å². The van der Waals surface area contributed by atoms with Crippen LogP contribution in [0.2, 0.25) is 0 Å². The summed E-state index contributed by atoms with van der Waals surface area (Å²) in [6.45, 7) is 0.118. The van der Waals surface area contributed by atoms with Gasteiger partial charge >= 0.3 is 0 Å². The van der Waals surface area contributed by atoms with Crippen molar-refractivity contribution in [2.45, 2.75) is 0 Å². The van der Waals surface area contributed by atoms with E-state index in [1.54, 1.807) is 7.11 Å². The van der Waals surface area contributed by atoms with E-state index in [9.17, 15) is 0 Å². The third-order valence-corrected chi connectivity index (χ3v) is 2.97. The maximum absolute atomic E-state index is 8.65. The van der Waals surface area contributed by atoms with Gasteiger partial charge in [-0.1, -0.05) is 18.2 Å². The molecule has 0 aliphatic carbocycles. The Hall–Kier alpha value is -2.93. The molecule has 0 bridgehead atoms. The highest BCUT2D eigenvalue weighted by Crippen LogP contribution is 2.23. The number of aliphatic hydroxyl groups is 1. The summed E-state index contributed by atoms with van der Waals surface area (Å²) in [6, 6.07) is 15.0. The second kappa shape index (κ2) is 8.50. The minimum atomic E-state index is -0.0765. The lowest BCUT2D eigenvalue weighted by Crippen LogP contribution is -2.14. The molecule has 120 valence electrons. The number of anilines is 2. The van der Waals surface area contributed by atoms with Crippen LogP contribution in [0.3, 0.4) is 0 Å². The fourth-order valence-electron chi connectivity index (χ4n) is 1.89. The number of para-hydroxylation sites is 1. The van der Waals surface area contributed by atoms with Gasteiger partial charge in [-0.2, -0.15) is 5.11 Å². The van der Waals surface area contributed by atoms with Crippen molar-refractivity contribution >= 4 is 17.2 Å². The molecule has 2 aromatic rings. The fourth-order valence-corrected chi connectivity index (χ4v) is 1.89. The van der Waals surface area contributed by atoms with E-state index in [0.717, 1.165) is 17.1 Å². The number of nitrogens with two attached hydrogens (primary N) is 1. The summed E-state index contributed by atoms with van der Waals surface area (Å²) in [6.07, 6.45) is 0. The molecule has 0 fully saturated rings. The van der Waals surface area contributed by atoms with Gasteiger partial charge in [0.1, 0.15) is 5.75 Å². The number of nitrogens with zero attached hydrogens (tertiary/aromatic N) is 3. The van der Waals surface area contributed by atoms with Gasteiger partial charge < -0.3 is 20.9 Å². The van der Waals surface area contributed by atoms with E-state index < -0.39 is 0 Å². The number of benzene rings is 2. The van der Waals surface area contributed by atoms with E-state index in [2.05, 4.69) is 20.8 Å². The highest BCUT2D eigenvalue weighted by Gasteiger charge is 2.06. The van der Waals surface area contributed by atoms with Gasteiger partial charge in [-0.3, -0.25) is 0 Å². The molecule has 7 heteroatoms. The quantitative estimate of drug-likeness (QED) is 0.316. The molecule has 0 amide bonds. The molecule has 0 unspecified atom stereocenters. The lowest BCUT2D eigenvalue weighted by molar-refractivity contribution is 0.304. The van der Waals surface area contributed by atoms with Crippen molar-refractivity contribution in [1.29, 1.82) is 0 Å². The van der Waals surface area contributed by atoms with E-state index in [-0.39, 0.29) is 19.0 Å². The first-order valence-electron chi connectivity index (χ1n) is 7.06. The molecule has 0 aliphatic rings. The van der Waals surface area contributed by atoms with Gasteiger partial charge in [0, 0.05) is 23.0 Å². The zero-order valence-corrected chi connectivity index (χ0v) is 12.8. The first-order chi connectivity index (χ1) is 11.2. The first kappa shape index (κ1) is 16.4. The molecule has 0 aromatic heterocycles. The predicted molar refractivity (Wildman–Crippen MR) is 90.3 cm³/mol. The molecular weight excluding hydrogens is 294 g/mol. The number of hydrogen-bond donors (Lipinski definition) is 3. The minimum absolute atomic E-state index is 0.0765. The monoisotopic (exact) mass is 313 g/mol. The molecule has 2 aromatic carbocycles. The van der Waals surface area contributed by atoms with Crippen LogP contribution in [-0.4, -0.2) is 31.2 Å². The second-order valence-electron chi connectivity index (χ2n) is 4.57. The Morgan fingerprint density at radius 3 is 2.83 bits per heavy atom. The van der Waals surface area contributed by atoms with E-state index in [1.807, 2.05) is 48.5 Å². The van der Waals surface area contributed by atoms with Gasteiger partial charge in [0.15, 0.2) is 5.84 Å². The second-order valence-corrected chi connectivity index (χ2v) is 4.57. The lowest BCUT2D eigenvalue weighted by atomic mass is 10.1. The highest BCUT2D eigenvalue weighted by atomic mass is 16.5. The molecule has 0 atom stereocenters. The Morgan fingerprint density at radius 2 is 2.04 bits per heavy atom. The Morgan fingerprint density at radius 1 is 1.22 bits per heavy atom. The first-order valence-corrected chi connectivity index (χ1v) is 7.06. The van der Waals surface area contributed by atoms with Crippen LogP contribution < -0.4 is 15.8 Å². The maximum Gasteiger partial charge on any atom is 0.157 e. The summed E-state index contributed by atoms with van der Waals surface area (Å²) in [5.74, 6) is 0.990. The topological polar surface area (TPSA) is 105 Å². The van der Waals surface area contributed by atoms with Crippen LogP contribution in [0.25, 0.3) is 0 Å². The predicted octanol–water partition coefficient (Wildman–Crippen LogP) is 2.50. The van der Waals surface area contributed by atoms with Crippen molar-refractivity contribution in [3.05, 3.63) is 54.1 Å². The molecular formula is C16H19N5O2. The van der Waals surface area contributed by atoms with Crippen molar-refractivity contribution < 1.29 is 9.84 Å². The van der Waals surface area contributed by atoms with Crippen LogP contribution in [0.1, 0.15) is 5.56 Å². The van der Waals surface area contributed by atoms with E-state index >= 15 is 0 Å². The summed E-state index contributed by atoms with van der Waals surface area (Å²) in [7, 11) is 1.62. The average molecular weight is 313 g/mol. The number of ether oxygens (including phenoxy) is 1. The Kier molecular flexibility index (Phi) is 6.07. The molecule has 2 rings (SSSR count). The van der Waals surface area contributed by atoms with E-state index in [4.69, 9.17) is 15.6 Å². The van der Waals surface area contributed by atoms with Crippen molar-refractivity contribution in [3.8, 4) is 5.75 Å². The van der Waals surface area contributed by atoms with Crippen molar-refractivity contribution in [1.82, 2.24) is 0 Å². The fraction of sp³-hybridized carbons (Fsp3) is 0.188. The number of aliphatic hydroxyl groups excluding tert-OH is 1. The Bertz CT molecular complexity index is 700. The number of methoxy groups -OCH3 is 1. The minimum Gasteiger partial charge on any atom is -0.497 e. The molecule has 0 heterocycles. The maximum atomic E-state index is 8.65. The van der Waals surface area contributed by atoms with Gasteiger partial charge in [0.2, 0.25) is 0 Å². The number of amidine groups is 1. The smallest absolute Gasteiger partial charge is 0.157 e. The highest BCUT2D eigenvalue weighted by molar-refractivity contribution is 6.02. The van der Waals surface area contributed by atoms with Crippen molar-refractivity contribution in [2.24, 2.45) is 21.2 Å². The largest absolute Gasteiger partial charge is 0.497 e. The SMILES string of the molecule is COc1cccc(Nc2ccccc2/C(N)=N/N=NCCO)c1. The molecule has 0 saturated heterocycles. The summed E-state index contributed by atoms with van der Waals surface area (Å²) < 4.78 is 5.21. The van der Waals surface area contributed by atoms with Gasteiger partial charge in [0.05, 0.1) is 20.3 Å². The summed E-state index contributed by atoms with van der Waals surface area (Å²) in [4.78, 5) is 0. The van der Waals surface area contributed by atoms with Crippen molar-refractivity contribution in [3.63, 3.8) is 0 Å². The van der Waals surface area contributed by atoms with Crippen molar-refractivity contribution in [2.75, 3.05) is 25.6 Å². The molecule has 0 saturated carbocycles. The van der Waals surface area contributed by atoms with E-state index in [0.29, 0.717) is 5.56 Å². The zero-order valence-electron chi connectivity index (χ0n) is 12.8. The van der Waals surface area contributed by atoms with Crippen LogP contribution in [0, 0.1) is 0 Å². The Balaban J connectivity index is 2.23. The van der Waals surface area contributed by atoms with Crippen LogP contribution in [0.4, 0.5) is 11.4 Å². The summed E-state index contributed by atoms with van der Waals surface area (Å²) in [5, 5.41) is 23.0. The molecule has 0 aliphatic heterocycles. The standard InChI is InChI=1S/C16H19N5O2/c1-23-13-6-4-5-12(11-13)19-15-8-3-2-7-14(15)16(17)20-21-18-9-10-22/h2-8,11,19,22H,9-10H2,1H3,(H2,17,18,20). The third kappa shape index (κ3) is 4.79.